The Hall–Kier alpha value is -1.42. The second-order valence-corrected chi connectivity index (χ2v) is 4.45. The van der Waals surface area contributed by atoms with Crippen LogP contribution in [0, 0.1) is 0 Å². The molecular weight excluding hydrogens is 202 g/mol. The fraction of sp³-hybridized carbons (Fsp3) is 0.500. The third kappa shape index (κ3) is 1.50. The van der Waals surface area contributed by atoms with E-state index in [0.717, 1.165) is 31.5 Å². The van der Waals surface area contributed by atoms with E-state index in [2.05, 4.69) is 10.3 Å². The van der Waals surface area contributed by atoms with Gasteiger partial charge in [0.25, 0.3) is 0 Å². The predicted molar refractivity (Wildman–Crippen MR) is 59.7 cm³/mol. The summed E-state index contributed by atoms with van der Waals surface area (Å²) in [5.74, 6) is 0.222. The lowest BCUT2D eigenvalue weighted by molar-refractivity contribution is -0.137. The molecule has 1 aromatic heterocycles. The maximum absolute atomic E-state index is 12.3. The highest BCUT2D eigenvalue weighted by molar-refractivity contribution is 5.84. The Morgan fingerprint density at radius 2 is 2.19 bits per heavy atom. The van der Waals surface area contributed by atoms with Gasteiger partial charge >= 0.3 is 0 Å². The Balaban J connectivity index is 1.85. The van der Waals surface area contributed by atoms with Gasteiger partial charge < -0.3 is 10.2 Å². The molecule has 1 aromatic rings. The highest BCUT2D eigenvalue weighted by Gasteiger charge is 2.37. The minimum absolute atomic E-state index is 0.169. The first-order valence-corrected chi connectivity index (χ1v) is 5.80. The number of piperazine rings is 1. The van der Waals surface area contributed by atoms with E-state index in [1.165, 1.54) is 0 Å². The summed E-state index contributed by atoms with van der Waals surface area (Å²) in [5.41, 5.74) is 1.02. The molecule has 2 saturated heterocycles. The average Bonchev–Trinajstić information content (AvgIpc) is 2.80. The van der Waals surface area contributed by atoms with Gasteiger partial charge in [-0.25, -0.2) is 0 Å². The SMILES string of the molecule is O=C1C(c2ccncc2)NCC2CCCN12. The average molecular weight is 217 g/mol. The number of aromatic nitrogens is 1. The number of hydrogen-bond acceptors (Lipinski definition) is 3. The number of carbonyl (C=O) groups excluding carboxylic acids is 1. The van der Waals surface area contributed by atoms with Crippen LogP contribution in [0.15, 0.2) is 24.5 Å². The normalized spacial score (nSPS) is 29.2. The van der Waals surface area contributed by atoms with Gasteiger partial charge in [-0.15, -0.1) is 0 Å². The maximum atomic E-state index is 12.3. The second kappa shape index (κ2) is 3.87. The van der Waals surface area contributed by atoms with Crippen molar-refractivity contribution in [1.82, 2.24) is 15.2 Å². The quantitative estimate of drug-likeness (QED) is 0.753. The first-order chi connectivity index (χ1) is 7.86. The summed E-state index contributed by atoms with van der Waals surface area (Å²) < 4.78 is 0. The van der Waals surface area contributed by atoms with Crippen LogP contribution >= 0.6 is 0 Å². The fourth-order valence-corrected chi connectivity index (χ4v) is 2.66. The molecule has 84 valence electrons. The standard InChI is InChI=1S/C12H15N3O/c16-12-11(9-3-5-13-6-4-9)14-8-10-2-1-7-15(10)12/h3-6,10-11,14H,1-2,7-8H2. The van der Waals surface area contributed by atoms with Gasteiger partial charge in [-0.2, -0.15) is 0 Å². The summed E-state index contributed by atoms with van der Waals surface area (Å²) in [5, 5.41) is 3.34. The van der Waals surface area contributed by atoms with Crippen LogP contribution in [0.5, 0.6) is 0 Å². The third-order valence-corrected chi connectivity index (χ3v) is 3.50. The summed E-state index contributed by atoms with van der Waals surface area (Å²) in [6, 6.07) is 4.07. The van der Waals surface area contributed by atoms with Crippen molar-refractivity contribution < 1.29 is 4.79 Å². The molecule has 4 nitrogen and oxygen atoms in total. The Morgan fingerprint density at radius 3 is 3.00 bits per heavy atom. The van der Waals surface area contributed by atoms with Crippen LogP contribution in [0.25, 0.3) is 0 Å². The van der Waals surface area contributed by atoms with Crippen LogP contribution in [-0.4, -0.2) is 34.9 Å². The van der Waals surface area contributed by atoms with Crippen molar-refractivity contribution in [2.45, 2.75) is 24.9 Å². The van der Waals surface area contributed by atoms with Crippen molar-refractivity contribution in [1.29, 1.82) is 0 Å². The molecule has 2 aliphatic rings. The van der Waals surface area contributed by atoms with E-state index in [9.17, 15) is 4.79 Å². The van der Waals surface area contributed by atoms with E-state index in [0.29, 0.717) is 6.04 Å². The molecule has 0 aliphatic carbocycles. The lowest BCUT2D eigenvalue weighted by atomic mass is 10.0. The molecule has 4 heteroatoms. The lowest BCUT2D eigenvalue weighted by Gasteiger charge is -2.35. The van der Waals surface area contributed by atoms with Gasteiger partial charge in [0.05, 0.1) is 0 Å². The summed E-state index contributed by atoms with van der Waals surface area (Å²) in [4.78, 5) is 18.3. The van der Waals surface area contributed by atoms with Crippen molar-refractivity contribution in [3.05, 3.63) is 30.1 Å². The number of hydrogen-bond donors (Lipinski definition) is 1. The van der Waals surface area contributed by atoms with E-state index in [1.54, 1.807) is 12.4 Å². The van der Waals surface area contributed by atoms with Crippen molar-refractivity contribution in [3.8, 4) is 0 Å². The van der Waals surface area contributed by atoms with E-state index in [4.69, 9.17) is 0 Å². The number of nitrogens with zero attached hydrogens (tertiary/aromatic N) is 2. The Bertz CT molecular complexity index is 393. The van der Waals surface area contributed by atoms with Crippen molar-refractivity contribution in [2.75, 3.05) is 13.1 Å². The van der Waals surface area contributed by atoms with Gasteiger partial charge in [0.2, 0.25) is 5.91 Å². The molecule has 1 amide bonds. The molecule has 2 unspecified atom stereocenters. The van der Waals surface area contributed by atoms with Crippen LogP contribution < -0.4 is 5.32 Å². The van der Waals surface area contributed by atoms with Crippen LogP contribution in [0.3, 0.4) is 0 Å². The first-order valence-electron chi connectivity index (χ1n) is 5.80. The lowest BCUT2D eigenvalue weighted by Crippen LogP contribution is -2.53. The molecule has 1 N–H and O–H groups in total. The van der Waals surface area contributed by atoms with Crippen LogP contribution in [0.2, 0.25) is 0 Å². The summed E-state index contributed by atoms with van der Waals surface area (Å²) in [6.45, 7) is 1.84. The van der Waals surface area contributed by atoms with E-state index >= 15 is 0 Å². The molecule has 2 fully saturated rings. The number of nitrogens with one attached hydrogen (secondary N) is 1. The highest BCUT2D eigenvalue weighted by Crippen LogP contribution is 2.26. The molecule has 3 rings (SSSR count). The molecule has 0 saturated carbocycles. The third-order valence-electron chi connectivity index (χ3n) is 3.50. The zero-order valence-corrected chi connectivity index (χ0v) is 9.10. The second-order valence-electron chi connectivity index (χ2n) is 4.45. The van der Waals surface area contributed by atoms with Gasteiger partial charge in [0.1, 0.15) is 6.04 Å². The molecule has 16 heavy (non-hydrogen) atoms. The van der Waals surface area contributed by atoms with Gasteiger partial charge in [-0.1, -0.05) is 0 Å². The first kappa shape index (κ1) is 9.78. The minimum Gasteiger partial charge on any atom is -0.337 e. The van der Waals surface area contributed by atoms with Gasteiger partial charge in [0.15, 0.2) is 0 Å². The summed E-state index contributed by atoms with van der Waals surface area (Å²) in [7, 11) is 0. The topological polar surface area (TPSA) is 45.2 Å². The number of carbonyl (C=O) groups is 1. The molecule has 0 bridgehead atoms. The highest BCUT2D eigenvalue weighted by atomic mass is 16.2. The zero-order chi connectivity index (χ0) is 11.0. The minimum atomic E-state index is -0.169. The van der Waals surface area contributed by atoms with Crippen LogP contribution in [0.1, 0.15) is 24.4 Å². The molecule has 2 aliphatic heterocycles. The Kier molecular flexibility index (Phi) is 2.36. The number of fused-ring (bicyclic) bond motifs is 1. The number of rotatable bonds is 1. The Morgan fingerprint density at radius 1 is 1.38 bits per heavy atom. The monoisotopic (exact) mass is 217 g/mol. The maximum Gasteiger partial charge on any atom is 0.244 e. The molecule has 0 spiro atoms. The van der Waals surface area contributed by atoms with Crippen molar-refractivity contribution in [3.63, 3.8) is 0 Å². The number of amides is 1. The fourth-order valence-electron chi connectivity index (χ4n) is 2.66. The van der Waals surface area contributed by atoms with E-state index in [-0.39, 0.29) is 11.9 Å². The van der Waals surface area contributed by atoms with Gasteiger partial charge in [0, 0.05) is 31.5 Å². The molecule has 0 radical (unpaired) electrons. The van der Waals surface area contributed by atoms with Crippen LogP contribution in [-0.2, 0) is 4.79 Å². The Labute approximate surface area is 94.7 Å². The zero-order valence-electron chi connectivity index (χ0n) is 9.10. The van der Waals surface area contributed by atoms with Gasteiger partial charge in [-0.05, 0) is 30.5 Å². The molecule has 0 aromatic carbocycles. The largest absolute Gasteiger partial charge is 0.337 e. The smallest absolute Gasteiger partial charge is 0.244 e. The summed E-state index contributed by atoms with van der Waals surface area (Å²) >= 11 is 0. The molecule has 3 heterocycles. The summed E-state index contributed by atoms with van der Waals surface area (Å²) in [6.07, 6.45) is 5.75. The molecule has 2 atom stereocenters. The van der Waals surface area contributed by atoms with E-state index in [1.807, 2.05) is 17.0 Å². The van der Waals surface area contributed by atoms with Crippen molar-refractivity contribution in [2.24, 2.45) is 0 Å². The van der Waals surface area contributed by atoms with Crippen LogP contribution in [0.4, 0.5) is 0 Å². The number of pyridine rings is 1. The van der Waals surface area contributed by atoms with Crippen molar-refractivity contribution >= 4 is 5.91 Å². The molecular formula is C12H15N3O. The van der Waals surface area contributed by atoms with E-state index < -0.39 is 0 Å². The van der Waals surface area contributed by atoms with Gasteiger partial charge in [-0.3, -0.25) is 9.78 Å². The predicted octanol–water partition coefficient (Wildman–Crippen LogP) is 0.717.